The molecule has 1 spiro atoms. The third-order valence-corrected chi connectivity index (χ3v) is 8.18. The Morgan fingerprint density at radius 3 is 2.35 bits per heavy atom. The lowest BCUT2D eigenvalue weighted by Crippen LogP contribution is -2.62. The third kappa shape index (κ3) is 4.85. The van der Waals surface area contributed by atoms with E-state index in [9.17, 15) is 4.79 Å². The van der Waals surface area contributed by atoms with Gasteiger partial charge in [-0.25, -0.2) is 0 Å². The third-order valence-electron chi connectivity index (χ3n) is 7.57. The van der Waals surface area contributed by atoms with Gasteiger partial charge in [0.15, 0.2) is 5.79 Å². The van der Waals surface area contributed by atoms with Crippen molar-refractivity contribution in [2.24, 2.45) is 11.8 Å². The second-order valence-electron chi connectivity index (χ2n) is 10.3. The summed E-state index contributed by atoms with van der Waals surface area (Å²) in [6, 6.07) is 0. The first kappa shape index (κ1) is 24.3. The molecule has 12 atom stereocenters. The summed E-state index contributed by atoms with van der Waals surface area (Å²) < 4.78 is 36.6. The van der Waals surface area contributed by atoms with Gasteiger partial charge in [0.2, 0.25) is 0 Å². The van der Waals surface area contributed by atoms with Crippen molar-refractivity contribution in [1.82, 2.24) is 0 Å². The van der Waals surface area contributed by atoms with Crippen molar-refractivity contribution in [3.63, 3.8) is 0 Å². The van der Waals surface area contributed by atoms with Crippen molar-refractivity contribution in [3.05, 3.63) is 0 Å². The normalized spacial score (nSPS) is 49.5. The molecule has 0 radical (unpaired) electrons. The van der Waals surface area contributed by atoms with Crippen LogP contribution in [0.5, 0.6) is 0 Å². The van der Waals surface area contributed by atoms with Crippen LogP contribution in [0.25, 0.3) is 0 Å². The average molecular weight is 476 g/mol. The van der Waals surface area contributed by atoms with Crippen molar-refractivity contribution in [3.8, 4) is 0 Å². The summed E-state index contributed by atoms with van der Waals surface area (Å²) in [6.07, 6.45) is 4.84. The van der Waals surface area contributed by atoms with Crippen molar-refractivity contribution >= 4 is 24.9 Å². The SMILES string of the molecule is CCC[C@@]1(C)CC2O[C@]3(C[C@H](C)C4O[C@H](CC(=O)OP)[C@H](OP)CC4O3)C[C@H](C)C2O1. The van der Waals surface area contributed by atoms with Crippen LogP contribution in [0.3, 0.4) is 0 Å². The van der Waals surface area contributed by atoms with E-state index < -0.39 is 5.79 Å². The van der Waals surface area contributed by atoms with E-state index >= 15 is 0 Å². The highest BCUT2D eigenvalue weighted by atomic mass is 31.0. The lowest BCUT2D eigenvalue weighted by molar-refractivity contribution is -0.369. The van der Waals surface area contributed by atoms with Gasteiger partial charge < -0.3 is 28.0 Å². The number of rotatable bonds is 5. The first-order valence-corrected chi connectivity index (χ1v) is 12.6. The maximum Gasteiger partial charge on any atom is 0.310 e. The zero-order chi connectivity index (χ0) is 22.4. The van der Waals surface area contributed by atoms with Crippen molar-refractivity contribution in [1.29, 1.82) is 0 Å². The standard InChI is InChI=1S/C22H38O7P2/c1-5-6-21(4)11-17-20(27-21)13(3)10-22(26-17)9-12(2)19-16(25-22)7-15(28-30)14(24-19)8-18(23)29-31/h12-17,19-20H,5-11,30-31H2,1-4H3/t12-,13-,14+,15+,16?,17?,19?,20?,21-,22+/m0/s1. The van der Waals surface area contributed by atoms with E-state index in [4.69, 9.17) is 28.0 Å². The van der Waals surface area contributed by atoms with E-state index in [1.807, 2.05) is 9.47 Å². The first-order valence-electron chi connectivity index (χ1n) is 11.7. The minimum atomic E-state index is -0.609. The lowest BCUT2D eigenvalue weighted by Gasteiger charge is -2.55. The molecule has 0 bridgehead atoms. The molecule has 6 unspecified atom stereocenters. The van der Waals surface area contributed by atoms with Crippen LogP contribution in [-0.4, -0.2) is 54.0 Å². The van der Waals surface area contributed by atoms with Crippen LogP contribution in [0.15, 0.2) is 0 Å². The molecular weight excluding hydrogens is 438 g/mol. The van der Waals surface area contributed by atoms with Gasteiger partial charge in [-0.15, -0.1) is 0 Å². The fourth-order valence-electron chi connectivity index (χ4n) is 6.39. The number of ether oxygens (including phenoxy) is 4. The highest BCUT2D eigenvalue weighted by Gasteiger charge is 2.59. The highest BCUT2D eigenvalue weighted by molar-refractivity contribution is 7.10. The van der Waals surface area contributed by atoms with Gasteiger partial charge in [0, 0.05) is 35.2 Å². The van der Waals surface area contributed by atoms with Gasteiger partial charge in [-0.2, -0.15) is 0 Å². The molecule has 4 aliphatic heterocycles. The van der Waals surface area contributed by atoms with E-state index in [1.165, 1.54) is 0 Å². The molecule has 9 heteroatoms. The molecular formula is C22H38O7P2. The number of fused-ring (bicyclic) bond motifs is 2. The summed E-state index contributed by atoms with van der Waals surface area (Å²) in [6.45, 7) is 8.87. The zero-order valence-corrected chi connectivity index (χ0v) is 21.4. The van der Waals surface area contributed by atoms with Crippen LogP contribution in [0.2, 0.25) is 0 Å². The Kier molecular flexibility index (Phi) is 7.36. The Morgan fingerprint density at radius 1 is 1.03 bits per heavy atom. The molecule has 178 valence electrons. The minimum absolute atomic E-state index is 0.0620. The van der Waals surface area contributed by atoms with Gasteiger partial charge in [0.05, 0.1) is 58.1 Å². The molecule has 4 saturated heterocycles. The van der Waals surface area contributed by atoms with Crippen molar-refractivity contribution < 1.29 is 32.8 Å². The van der Waals surface area contributed by atoms with Crippen LogP contribution in [0.1, 0.15) is 72.6 Å². The molecule has 4 aliphatic rings. The maximum absolute atomic E-state index is 11.8. The van der Waals surface area contributed by atoms with Crippen LogP contribution in [0.4, 0.5) is 0 Å². The first-order chi connectivity index (χ1) is 14.7. The van der Waals surface area contributed by atoms with Gasteiger partial charge in [0.1, 0.15) is 0 Å². The summed E-state index contributed by atoms with van der Waals surface area (Å²) in [4.78, 5) is 11.8. The summed E-state index contributed by atoms with van der Waals surface area (Å²) in [5, 5.41) is 0. The fourth-order valence-corrected chi connectivity index (χ4v) is 6.77. The Balaban J connectivity index is 1.48. The fraction of sp³-hybridized carbons (Fsp3) is 0.955. The second-order valence-corrected chi connectivity index (χ2v) is 10.8. The molecule has 0 amide bonds. The number of hydrogen-bond acceptors (Lipinski definition) is 7. The minimum Gasteiger partial charge on any atom is -0.451 e. The zero-order valence-electron chi connectivity index (χ0n) is 19.1. The molecule has 0 N–H and O–H groups in total. The van der Waals surface area contributed by atoms with Gasteiger partial charge in [-0.1, -0.05) is 27.2 Å². The van der Waals surface area contributed by atoms with Gasteiger partial charge >= 0.3 is 5.97 Å². The topological polar surface area (TPSA) is 72.5 Å². The van der Waals surface area contributed by atoms with E-state index in [0.29, 0.717) is 12.3 Å². The lowest BCUT2D eigenvalue weighted by atomic mass is 9.78. The molecule has 4 fully saturated rings. The van der Waals surface area contributed by atoms with Gasteiger partial charge in [0.25, 0.3) is 0 Å². The van der Waals surface area contributed by atoms with Gasteiger partial charge in [-0.3, -0.25) is 4.79 Å². The molecule has 7 nitrogen and oxygen atoms in total. The monoisotopic (exact) mass is 476 g/mol. The Hall–Kier alpha value is 0.130. The van der Waals surface area contributed by atoms with Crippen LogP contribution in [0, 0.1) is 11.8 Å². The van der Waals surface area contributed by atoms with E-state index in [0.717, 1.165) is 32.1 Å². The van der Waals surface area contributed by atoms with Crippen LogP contribution in [-0.2, 0) is 32.8 Å². The smallest absolute Gasteiger partial charge is 0.310 e. The Morgan fingerprint density at radius 2 is 1.71 bits per heavy atom. The molecule has 0 aromatic heterocycles. The van der Waals surface area contributed by atoms with Gasteiger partial charge in [-0.05, 0) is 25.2 Å². The molecule has 0 aromatic rings. The molecule has 0 aromatic carbocycles. The summed E-state index contributed by atoms with van der Waals surface area (Å²) in [7, 11) is 4.31. The number of carbonyl (C=O) groups is 1. The molecule has 31 heavy (non-hydrogen) atoms. The Bertz CT molecular complexity index is 666. The predicted molar refractivity (Wildman–Crippen MR) is 121 cm³/mol. The molecule has 0 aliphatic carbocycles. The molecule has 4 rings (SSSR count). The van der Waals surface area contributed by atoms with E-state index in [-0.39, 0.29) is 60.5 Å². The Labute approximate surface area is 190 Å². The van der Waals surface area contributed by atoms with Crippen LogP contribution >= 0.6 is 18.9 Å². The van der Waals surface area contributed by atoms with E-state index in [2.05, 4.69) is 37.2 Å². The van der Waals surface area contributed by atoms with Crippen LogP contribution < -0.4 is 0 Å². The molecule has 0 saturated carbocycles. The number of carbonyl (C=O) groups excluding carboxylic acids is 1. The molecule has 4 heterocycles. The van der Waals surface area contributed by atoms with E-state index in [1.54, 1.807) is 0 Å². The predicted octanol–water partition coefficient (Wildman–Crippen LogP) is 3.94. The summed E-state index contributed by atoms with van der Waals surface area (Å²) >= 11 is 0. The highest BCUT2D eigenvalue weighted by Crippen LogP contribution is 2.51. The van der Waals surface area contributed by atoms with Crippen molar-refractivity contribution in [2.45, 2.75) is 121 Å². The largest absolute Gasteiger partial charge is 0.451 e. The second kappa shape index (κ2) is 9.41. The maximum atomic E-state index is 11.8. The summed E-state index contributed by atoms with van der Waals surface area (Å²) in [5.41, 5.74) is -0.113. The van der Waals surface area contributed by atoms with Crippen molar-refractivity contribution in [2.75, 3.05) is 0 Å². The number of hydrogen-bond donors (Lipinski definition) is 0. The average Bonchev–Trinajstić information content (AvgIpc) is 3.04. The quantitative estimate of drug-likeness (QED) is 0.557. The summed E-state index contributed by atoms with van der Waals surface area (Å²) in [5.74, 6) is -0.327.